The van der Waals surface area contributed by atoms with Crippen molar-refractivity contribution in [3.63, 3.8) is 0 Å². The van der Waals surface area contributed by atoms with Crippen molar-refractivity contribution in [3.8, 4) is 0 Å². The Balaban J connectivity index is 1.44. The molecule has 3 aromatic rings. The molecule has 0 spiro atoms. The maximum atomic E-state index is 13.3. The fraction of sp³-hybridized carbons (Fsp3) is 0.316. The molecule has 7 heteroatoms. The molecule has 0 radical (unpaired) electrons. The van der Waals surface area contributed by atoms with Crippen molar-refractivity contribution in [2.24, 2.45) is 0 Å². The lowest BCUT2D eigenvalue weighted by molar-refractivity contribution is 0.416. The number of aromatic nitrogens is 3. The maximum absolute atomic E-state index is 13.3. The molecular formula is C19H20FN5O. The van der Waals surface area contributed by atoms with Crippen LogP contribution in [0.25, 0.3) is 10.9 Å². The van der Waals surface area contributed by atoms with Gasteiger partial charge in [-0.2, -0.15) is 0 Å². The predicted molar refractivity (Wildman–Crippen MR) is 98.6 cm³/mol. The van der Waals surface area contributed by atoms with Crippen LogP contribution >= 0.6 is 0 Å². The van der Waals surface area contributed by atoms with Gasteiger partial charge in [-0.3, -0.25) is 4.79 Å². The number of rotatable bonds is 4. The summed E-state index contributed by atoms with van der Waals surface area (Å²) in [6.07, 6.45) is 5.62. The Kier molecular flexibility index (Phi) is 4.62. The molecule has 1 saturated heterocycles. The fourth-order valence-corrected chi connectivity index (χ4v) is 3.40. The zero-order chi connectivity index (χ0) is 17.9. The van der Waals surface area contributed by atoms with Crippen LogP contribution in [0.2, 0.25) is 0 Å². The molecule has 6 nitrogen and oxygen atoms in total. The lowest BCUT2D eigenvalue weighted by atomic mass is 10.1. The molecule has 0 bridgehead atoms. The number of nitrogens with one attached hydrogen (secondary N) is 2. The van der Waals surface area contributed by atoms with Crippen LogP contribution in [-0.2, 0) is 6.54 Å². The van der Waals surface area contributed by atoms with Gasteiger partial charge in [0.2, 0.25) is 5.95 Å². The molecule has 1 fully saturated rings. The number of pyridine rings is 1. The second-order valence-corrected chi connectivity index (χ2v) is 6.56. The Morgan fingerprint density at radius 1 is 1.27 bits per heavy atom. The first-order chi connectivity index (χ1) is 12.7. The van der Waals surface area contributed by atoms with Crippen LogP contribution in [0, 0.1) is 5.82 Å². The van der Waals surface area contributed by atoms with Crippen LogP contribution in [0.15, 0.2) is 47.5 Å². The smallest absolute Gasteiger partial charge is 0.225 e. The molecule has 0 aliphatic carbocycles. The van der Waals surface area contributed by atoms with E-state index >= 15 is 0 Å². The lowest BCUT2D eigenvalue weighted by Crippen LogP contribution is -2.46. The van der Waals surface area contributed by atoms with E-state index in [1.54, 1.807) is 18.5 Å². The van der Waals surface area contributed by atoms with Gasteiger partial charge < -0.3 is 15.2 Å². The van der Waals surface area contributed by atoms with Gasteiger partial charge >= 0.3 is 0 Å². The summed E-state index contributed by atoms with van der Waals surface area (Å²) in [5, 5.41) is 3.87. The van der Waals surface area contributed by atoms with E-state index in [4.69, 9.17) is 0 Å². The predicted octanol–water partition coefficient (Wildman–Crippen LogP) is 2.22. The molecule has 4 rings (SSSR count). The number of piperidine rings is 1. The molecule has 3 heterocycles. The zero-order valence-electron chi connectivity index (χ0n) is 14.3. The van der Waals surface area contributed by atoms with Crippen LogP contribution in [0.3, 0.4) is 0 Å². The number of anilines is 1. The Morgan fingerprint density at radius 2 is 2.12 bits per heavy atom. The number of halogens is 1. The molecule has 2 N–H and O–H groups in total. The highest BCUT2D eigenvalue weighted by atomic mass is 19.1. The van der Waals surface area contributed by atoms with Crippen molar-refractivity contribution in [1.29, 1.82) is 0 Å². The van der Waals surface area contributed by atoms with Crippen molar-refractivity contribution in [3.05, 3.63) is 64.5 Å². The highest BCUT2D eigenvalue weighted by Gasteiger charge is 2.21. The second-order valence-electron chi connectivity index (χ2n) is 6.56. The van der Waals surface area contributed by atoms with Crippen molar-refractivity contribution in [2.75, 3.05) is 18.0 Å². The van der Waals surface area contributed by atoms with E-state index in [0.717, 1.165) is 37.6 Å². The molecule has 2 aromatic heterocycles. The minimum absolute atomic E-state index is 0.169. The normalized spacial score (nSPS) is 17.6. The van der Waals surface area contributed by atoms with Crippen molar-refractivity contribution < 1.29 is 4.39 Å². The number of hydrogen-bond acceptors (Lipinski definition) is 5. The maximum Gasteiger partial charge on any atom is 0.225 e. The first-order valence-corrected chi connectivity index (χ1v) is 8.76. The Bertz CT molecular complexity index is 959. The molecule has 0 saturated carbocycles. The molecule has 1 aliphatic heterocycles. The van der Waals surface area contributed by atoms with E-state index in [2.05, 4.69) is 25.2 Å². The lowest BCUT2D eigenvalue weighted by Gasteiger charge is -2.33. The molecular weight excluding hydrogens is 333 g/mol. The highest BCUT2D eigenvalue weighted by Crippen LogP contribution is 2.16. The standard InChI is InChI=1S/C19H20FN5O/c20-13-4-5-17-16(9-13)18(26)10-15(24-17)11-23-14-3-1-8-25(12-14)19-21-6-2-7-22-19/h2,4-7,9-10,14,23H,1,3,8,11-12H2,(H,24,26)/t14-/m1/s1. The van der Waals surface area contributed by atoms with E-state index < -0.39 is 5.82 Å². The summed E-state index contributed by atoms with van der Waals surface area (Å²) < 4.78 is 13.3. The van der Waals surface area contributed by atoms with Gasteiger partial charge in [-0.15, -0.1) is 0 Å². The summed E-state index contributed by atoms with van der Waals surface area (Å²) in [7, 11) is 0. The van der Waals surface area contributed by atoms with Crippen molar-refractivity contribution in [1.82, 2.24) is 20.3 Å². The largest absolute Gasteiger partial charge is 0.357 e. The van der Waals surface area contributed by atoms with Crippen LogP contribution in [-0.4, -0.2) is 34.1 Å². The van der Waals surface area contributed by atoms with E-state index in [1.165, 1.54) is 18.2 Å². The third kappa shape index (κ3) is 3.57. The van der Waals surface area contributed by atoms with Gasteiger partial charge in [0.15, 0.2) is 5.43 Å². The molecule has 0 amide bonds. The topological polar surface area (TPSA) is 73.9 Å². The number of aromatic amines is 1. The molecule has 0 unspecified atom stereocenters. The zero-order valence-corrected chi connectivity index (χ0v) is 14.3. The second kappa shape index (κ2) is 7.21. The summed E-state index contributed by atoms with van der Waals surface area (Å²) in [5.41, 5.74) is 1.28. The average Bonchev–Trinajstić information content (AvgIpc) is 2.68. The van der Waals surface area contributed by atoms with Crippen molar-refractivity contribution >= 4 is 16.9 Å². The minimum atomic E-state index is -0.403. The van der Waals surface area contributed by atoms with Crippen LogP contribution in [0.4, 0.5) is 10.3 Å². The third-order valence-electron chi connectivity index (χ3n) is 4.69. The quantitative estimate of drug-likeness (QED) is 0.752. The van der Waals surface area contributed by atoms with Gasteiger partial charge in [0.1, 0.15) is 5.82 Å². The summed E-state index contributed by atoms with van der Waals surface area (Å²) in [6, 6.07) is 7.87. The van der Waals surface area contributed by atoms with E-state index in [-0.39, 0.29) is 5.43 Å². The van der Waals surface area contributed by atoms with Gasteiger partial charge in [-0.25, -0.2) is 14.4 Å². The Labute approximate surface area is 150 Å². The Morgan fingerprint density at radius 3 is 2.96 bits per heavy atom. The summed E-state index contributed by atoms with van der Waals surface area (Å²) >= 11 is 0. The summed E-state index contributed by atoms with van der Waals surface area (Å²) in [6.45, 7) is 2.32. The van der Waals surface area contributed by atoms with Gasteiger partial charge in [0.05, 0.1) is 0 Å². The minimum Gasteiger partial charge on any atom is -0.357 e. The number of fused-ring (bicyclic) bond motifs is 1. The van der Waals surface area contributed by atoms with Gasteiger partial charge in [-0.1, -0.05) is 0 Å². The molecule has 26 heavy (non-hydrogen) atoms. The van der Waals surface area contributed by atoms with Gasteiger partial charge in [0.25, 0.3) is 0 Å². The molecule has 1 atom stereocenters. The van der Waals surface area contributed by atoms with E-state index in [9.17, 15) is 9.18 Å². The van der Waals surface area contributed by atoms with Gasteiger partial charge in [0, 0.05) is 60.7 Å². The molecule has 1 aromatic carbocycles. The number of H-pyrrole nitrogens is 1. The first-order valence-electron chi connectivity index (χ1n) is 8.76. The molecule has 134 valence electrons. The van der Waals surface area contributed by atoms with Gasteiger partial charge in [-0.05, 0) is 37.1 Å². The summed E-state index contributed by atoms with van der Waals surface area (Å²) in [4.78, 5) is 26.2. The monoisotopic (exact) mass is 353 g/mol. The third-order valence-corrected chi connectivity index (χ3v) is 4.69. The average molecular weight is 353 g/mol. The van der Waals surface area contributed by atoms with Crippen LogP contribution in [0.5, 0.6) is 0 Å². The molecule has 1 aliphatic rings. The van der Waals surface area contributed by atoms with Crippen molar-refractivity contribution in [2.45, 2.75) is 25.4 Å². The number of nitrogens with zero attached hydrogens (tertiary/aromatic N) is 3. The Hall–Kier alpha value is -2.80. The number of hydrogen-bond donors (Lipinski definition) is 2. The fourth-order valence-electron chi connectivity index (χ4n) is 3.40. The first kappa shape index (κ1) is 16.7. The van der Waals surface area contributed by atoms with Crippen LogP contribution in [0.1, 0.15) is 18.5 Å². The number of benzene rings is 1. The SMILES string of the molecule is O=c1cc(CN[C@@H]2CCCN(c3ncccn3)C2)[nH]c2ccc(F)cc12. The summed E-state index contributed by atoms with van der Waals surface area (Å²) in [5.74, 6) is 0.347. The van der Waals surface area contributed by atoms with E-state index in [1.807, 2.05) is 6.07 Å². The van der Waals surface area contributed by atoms with E-state index in [0.29, 0.717) is 23.5 Å². The van der Waals surface area contributed by atoms with Crippen LogP contribution < -0.4 is 15.6 Å². The highest BCUT2D eigenvalue weighted by molar-refractivity contribution is 5.78.